The second kappa shape index (κ2) is 15.3. The van der Waals surface area contributed by atoms with E-state index in [4.69, 9.17) is 18.9 Å². The van der Waals surface area contributed by atoms with Gasteiger partial charge in [-0.25, -0.2) is 0 Å². The predicted octanol–water partition coefficient (Wildman–Crippen LogP) is -0.770. The molecule has 3 aliphatic carbocycles. The Labute approximate surface area is 332 Å². The molecule has 6 rings (SSSR count). The minimum absolute atomic E-state index is 0.0957. The normalized spacial score (nSPS) is 44.9. The number of hydrogen-bond donors (Lipinski definition) is 12. The van der Waals surface area contributed by atoms with Crippen molar-refractivity contribution in [2.24, 2.45) is 22.7 Å². The summed E-state index contributed by atoms with van der Waals surface area (Å²) in [4.78, 5) is 0. The first-order valence-electron chi connectivity index (χ1n) is 19.7. The maximum atomic E-state index is 12.0. The summed E-state index contributed by atoms with van der Waals surface area (Å²) in [5, 5.41) is 130. The van der Waals surface area contributed by atoms with Crippen molar-refractivity contribution >= 4 is 6.08 Å². The number of benzene rings is 1. The molecule has 16 heteroatoms. The molecule has 1 aromatic carbocycles. The highest BCUT2D eigenvalue weighted by Gasteiger charge is 2.70. The van der Waals surface area contributed by atoms with Crippen LogP contribution in [-0.4, -0.2) is 159 Å². The summed E-state index contributed by atoms with van der Waals surface area (Å²) in [5.74, 6) is -1.34. The number of phenols is 1. The minimum atomic E-state index is -1.87. The lowest BCUT2D eigenvalue weighted by atomic mass is 9.42. The Morgan fingerprint density at radius 3 is 2.05 bits per heavy atom. The van der Waals surface area contributed by atoms with E-state index in [9.17, 15) is 61.3 Å². The maximum absolute atomic E-state index is 12.0. The third-order valence-corrected chi connectivity index (χ3v) is 14.3. The van der Waals surface area contributed by atoms with Gasteiger partial charge in [-0.2, -0.15) is 0 Å². The first-order chi connectivity index (χ1) is 26.4. The van der Waals surface area contributed by atoms with Crippen molar-refractivity contribution in [2.45, 2.75) is 158 Å². The number of ether oxygens (including phenoxy) is 4. The molecule has 18 atom stereocenters. The molecule has 1 aromatic rings. The average molecular weight is 811 g/mol. The van der Waals surface area contributed by atoms with Crippen LogP contribution in [0, 0.1) is 29.6 Å². The Morgan fingerprint density at radius 2 is 1.46 bits per heavy atom. The number of allylic oxidation sites excluding steroid dienone is 1. The molecular weight excluding hydrogens is 748 g/mol. The molecule has 4 fully saturated rings. The molecule has 57 heavy (non-hydrogen) atoms. The second-order valence-electron chi connectivity index (χ2n) is 18.5. The molecule has 0 amide bonds. The van der Waals surface area contributed by atoms with Crippen molar-refractivity contribution in [3.05, 3.63) is 41.0 Å². The Morgan fingerprint density at radius 1 is 0.860 bits per heavy atom. The van der Waals surface area contributed by atoms with Crippen LogP contribution in [0.1, 0.15) is 77.5 Å². The first-order valence-corrected chi connectivity index (χ1v) is 19.7. The Kier molecular flexibility index (Phi) is 11.9. The first kappa shape index (κ1) is 44.3. The highest BCUT2D eigenvalue weighted by Crippen LogP contribution is 2.72. The van der Waals surface area contributed by atoms with Crippen molar-refractivity contribution in [3.63, 3.8) is 0 Å². The summed E-state index contributed by atoms with van der Waals surface area (Å²) in [7, 11) is 0. The van der Waals surface area contributed by atoms with Crippen LogP contribution in [0.2, 0.25) is 0 Å². The van der Waals surface area contributed by atoms with Crippen LogP contribution in [0.25, 0.3) is 6.08 Å². The molecule has 0 radical (unpaired) electrons. The average Bonchev–Trinajstić information content (AvgIpc) is 3.36. The molecule has 0 aromatic heterocycles. The topological polar surface area (TPSA) is 280 Å². The van der Waals surface area contributed by atoms with Crippen molar-refractivity contribution in [1.29, 1.82) is 0 Å². The van der Waals surface area contributed by atoms with Crippen LogP contribution in [0.3, 0.4) is 0 Å². The van der Waals surface area contributed by atoms with Crippen LogP contribution in [0.4, 0.5) is 0 Å². The maximum Gasteiger partial charge on any atom is 0.229 e. The third kappa shape index (κ3) is 7.16. The van der Waals surface area contributed by atoms with Gasteiger partial charge in [-0.05, 0) is 80.9 Å². The fourth-order valence-corrected chi connectivity index (χ4v) is 10.9. The molecule has 18 unspecified atom stereocenters. The van der Waals surface area contributed by atoms with Crippen molar-refractivity contribution in [2.75, 3.05) is 13.2 Å². The van der Waals surface area contributed by atoms with E-state index in [0.717, 1.165) is 11.1 Å². The number of fused-ring (bicyclic) bond motifs is 5. The molecule has 2 heterocycles. The molecule has 2 aliphatic heterocycles. The SMILES string of the molecule is Cc1c(O)c(OC2OC(CO)C(O)C(O)C2OC2OC(CO)C(O)C(O)C2O)cc2c1C=CC1C2(C)CCC2(C)C(C(C)(O)C(O)C=CC(C)(C)O)C(O)CC12C. The zero-order valence-corrected chi connectivity index (χ0v) is 33.5. The molecule has 2 saturated carbocycles. The standard InChI is InChI=1S/C41H62O16/c1-18-19-8-9-25-38(4,12-13-39(5)34(21(44)15-40(25,39)6)41(7,53)26(45)10-11-37(2,3)52)20(19)14-22(27(18)46)54-36-33(31(50)29(48)24(17-43)56-36)57-35-32(51)30(49)28(47)23(16-42)55-35/h8-11,14,21,23-26,28-36,42-53H,12-13,15-17H2,1-7H3. The van der Waals surface area contributed by atoms with Crippen LogP contribution >= 0.6 is 0 Å². The molecule has 0 spiro atoms. The van der Waals surface area contributed by atoms with Crippen molar-refractivity contribution < 1.29 is 80.2 Å². The highest BCUT2D eigenvalue weighted by molar-refractivity contribution is 5.70. The zero-order chi connectivity index (χ0) is 42.4. The summed E-state index contributed by atoms with van der Waals surface area (Å²) in [6.45, 7) is 11.1. The molecule has 5 aliphatic rings. The summed E-state index contributed by atoms with van der Waals surface area (Å²) >= 11 is 0. The fourth-order valence-electron chi connectivity index (χ4n) is 10.9. The van der Waals surface area contributed by atoms with Gasteiger partial charge in [0.25, 0.3) is 0 Å². The van der Waals surface area contributed by atoms with Crippen molar-refractivity contribution in [1.82, 2.24) is 0 Å². The van der Waals surface area contributed by atoms with Gasteiger partial charge in [0, 0.05) is 16.9 Å². The third-order valence-electron chi connectivity index (χ3n) is 14.3. The van der Waals surface area contributed by atoms with Gasteiger partial charge in [0.15, 0.2) is 23.9 Å². The Bertz CT molecular complexity index is 1690. The Hall–Kier alpha value is -2.26. The lowest BCUT2D eigenvalue weighted by Crippen LogP contribution is -2.65. The lowest BCUT2D eigenvalue weighted by molar-refractivity contribution is -0.358. The number of hydrogen-bond acceptors (Lipinski definition) is 16. The van der Waals surface area contributed by atoms with E-state index in [-0.39, 0.29) is 17.4 Å². The van der Waals surface area contributed by atoms with Gasteiger partial charge in [-0.15, -0.1) is 0 Å². The number of aliphatic hydroxyl groups excluding tert-OH is 9. The van der Waals surface area contributed by atoms with E-state index in [1.165, 1.54) is 19.1 Å². The van der Waals surface area contributed by atoms with Gasteiger partial charge in [0.1, 0.15) is 48.8 Å². The van der Waals surface area contributed by atoms with Crippen LogP contribution in [0.5, 0.6) is 11.5 Å². The van der Waals surface area contributed by atoms with Crippen LogP contribution < -0.4 is 4.74 Å². The van der Waals surface area contributed by atoms with Gasteiger partial charge in [-0.1, -0.05) is 45.1 Å². The molecule has 2 saturated heterocycles. The number of aliphatic hydroxyl groups is 11. The van der Waals surface area contributed by atoms with Gasteiger partial charge < -0.3 is 80.2 Å². The van der Waals surface area contributed by atoms with E-state index in [1.54, 1.807) is 26.8 Å². The van der Waals surface area contributed by atoms with E-state index in [0.29, 0.717) is 24.8 Å². The van der Waals surface area contributed by atoms with Gasteiger partial charge >= 0.3 is 0 Å². The summed E-state index contributed by atoms with van der Waals surface area (Å²) in [6, 6.07) is 1.66. The van der Waals surface area contributed by atoms with Gasteiger partial charge in [-0.3, -0.25) is 0 Å². The lowest BCUT2D eigenvalue weighted by Gasteiger charge is -2.61. The van der Waals surface area contributed by atoms with Crippen molar-refractivity contribution in [3.8, 4) is 11.5 Å². The predicted molar refractivity (Wildman–Crippen MR) is 201 cm³/mol. The van der Waals surface area contributed by atoms with Gasteiger partial charge in [0.05, 0.1) is 30.5 Å². The summed E-state index contributed by atoms with van der Waals surface area (Å²) in [6.07, 6.45) is -10.9. The van der Waals surface area contributed by atoms with Gasteiger partial charge in [0.2, 0.25) is 6.29 Å². The smallest absolute Gasteiger partial charge is 0.229 e. The summed E-state index contributed by atoms with van der Waals surface area (Å²) in [5.41, 5.74) is -2.94. The fraction of sp³-hybridized carbons (Fsp3) is 0.756. The molecule has 12 N–H and O–H groups in total. The molecular formula is C41H62O16. The quantitative estimate of drug-likeness (QED) is 0.129. The molecule has 0 bridgehead atoms. The largest absolute Gasteiger partial charge is 0.504 e. The number of phenolic OH excluding ortho intramolecular Hbond substituents is 1. The minimum Gasteiger partial charge on any atom is -0.504 e. The van der Waals surface area contributed by atoms with Crippen LogP contribution in [-0.2, 0) is 19.6 Å². The molecule has 16 nitrogen and oxygen atoms in total. The van der Waals surface area contributed by atoms with Crippen LogP contribution in [0.15, 0.2) is 24.3 Å². The van der Waals surface area contributed by atoms with E-state index in [2.05, 4.69) is 19.9 Å². The number of aromatic hydroxyl groups is 1. The second-order valence-corrected chi connectivity index (χ2v) is 18.5. The number of rotatable bonds is 10. The van der Waals surface area contributed by atoms with E-state index in [1.807, 2.05) is 13.0 Å². The monoisotopic (exact) mass is 810 g/mol. The van der Waals surface area contributed by atoms with E-state index < -0.39 is 120 Å². The highest BCUT2D eigenvalue weighted by atomic mass is 16.8. The molecule has 322 valence electrons. The van der Waals surface area contributed by atoms with E-state index >= 15 is 0 Å². The Balaban J connectivity index is 1.34. The summed E-state index contributed by atoms with van der Waals surface area (Å²) < 4.78 is 23.4. The zero-order valence-electron chi connectivity index (χ0n) is 33.5.